The molecule has 3 aromatic rings. The second-order valence-corrected chi connectivity index (χ2v) is 9.14. The van der Waals surface area contributed by atoms with Crippen LogP contribution in [-0.4, -0.2) is 45.1 Å². The van der Waals surface area contributed by atoms with Crippen molar-refractivity contribution >= 4 is 51.4 Å². The van der Waals surface area contributed by atoms with Gasteiger partial charge in [0.15, 0.2) is 5.78 Å². The molecule has 1 aromatic heterocycles. The SMILES string of the molecule is C=CC(=O)N1CCC[C@H]1C(=O)Nc1cccc(Nc2ncc3cc(C4=C(C)C=CCC4=O)ccc3n2)c1. The normalized spacial score (nSPS) is 17.3. The monoisotopic (exact) mass is 493 g/mol. The molecule has 8 nitrogen and oxygen atoms in total. The first-order valence-corrected chi connectivity index (χ1v) is 12.2. The number of likely N-dealkylation sites (tertiary alicyclic amines) is 1. The van der Waals surface area contributed by atoms with E-state index in [2.05, 4.69) is 27.2 Å². The van der Waals surface area contributed by atoms with Crippen molar-refractivity contribution in [3.05, 3.63) is 84.6 Å². The molecular weight excluding hydrogens is 466 g/mol. The first-order valence-electron chi connectivity index (χ1n) is 12.2. The fourth-order valence-electron chi connectivity index (χ4n) is 4.84. The molecule has 2 aliphatic rings. The number of aromatic nitrogens is 2. The summed E-state index contributed by atoms with van der Waals surface area (Å²) in [5, 5.41) is 6.93. The third-order valence-electron chi connectivity index (χ3n) is 6.61. The van der Waals surface area contributed by atoms with E-state index in [0.717, 1.165) is 34.0 Å². The van der Waals surface area contributed by atoms with E-state index in [4.69, 9.17) is 0 Å². The summed E-state index contributed by atoms with van der Waals surface area (Å²) >= 11 is 0. The smallest absolute Gasteiger partial charge is 0.247 e. The molecule has 0 unspecified atom stereocenters. The van der Waals surface area contributed by atoms with Crippen LogP contribution in [0.5, 0.6) is 0 Å². The van der Waals surface area contributed by atoms with Crippen LogP contribution in [0.15, 0.2) is 79.0 Å². The lowest BCUT2D eigenvalue weighted by atomic mass is 9.91. The average molecular weight is 494 g/mol. The highest BCUT2D eigenvalue weighted by Crippen LogP contribution is 2.28. The molecule has 1 fully saturated rings. The van der Waals surface area contributed by atoms with E-state index in [1.165, 1.54) is 6.08 Å². The Morgan fingerprint density at radius 2 is 2.00 bits per heavy atom. The Morgan fingerprint density at radius 1 is 1.16 bits per heavy atom. The molecule has 0 spiro atoms. The fraction of sp³-hybridized carbons (Fsp3) is 0.207. The van der Waals surface area contributed by atoms with Crippen LogP contribution in [0, 0.1) is 0 Å². The molecule has 2 amide bonds. The minimum absolute atomic E-state index is 0.110. The molecule has 0 bridgehead atoms. The number of carbonyl (C=O) groups excluding carboxylic acids is 3. The number of allylic oxidation sites excluding steroid dienone is 4. The lowest BCUT2D eigenvalue weighted by Crippen LogP contribution is -2.42. The highest BCUT2D eigenvalue weighted by molar-refractivity contribution is 6.23. The highest BCUT2D eigenvalue weighted by atomic mass is 16.2. The third kappa shape index (κ3) is 5.04. The van der Waals surface area contributed by atoms with E-state index in [0.29, 0.717) is 36.7 Å². The number of fused-ring (bicyclic) bond motifs is 1. The summed E-state index contributed by atoms with van der Waals surface area (Å²) in [6.45, 7) is 6.02. The number of nitrogens with zero attached hydrogens (tertiary/aromatic N) is 3. The minimum atomic E-state index is -0.504. The Kier molecular flexibility index (Phi) is 6.64. The topological polar surface area (TPSA) is 104 Å². The summed E-state index contributed by atoms with van der Waals surface area (Å²) in [5.41, 5.74) is 4.61. The number of hydrogen-bond donors (Lipinski definition) is 2. The number of benzene rings is 2. The Balaban J connectivity index is 1.31. The molecule has 0 radical (unpaired) electrons. The van der Waals surface area contributed by atoms with E-state index in [1.807, 2.05) is 49.4 Å². The maximum atomic E-state index is 12.8. The summed E-state index contributed by atoms with van der Waals surface area (Å²) in [6.07, 6.45) is 8.65. The zero-order chi connectivity index (χ0) is 25.9. The third-order valence-corrected chi connectivity index (χ3v) is 6.61. The Hall–Kier alpha value is -4.59. The molecular formula is C29H27N5O3. The second kappa shape index (κ2) is 10.2. The molecule has 186 valence electrons. The molecule has 5 rings (SSSR count). The van der Waals surface area contributed by atoms with Crippen LogP contribution < -0.4 is 10.6 Å². The van der Waals surface area contributed by atoms with Gasteiger partial charge < -0.3 is 15.5 Å². The van der Waals surface area contributed by atoms with Crippen molar-refractivity contribution in [3.63, 3.8) is 0 Å². The van der Waals surface area contributed by atoms with Gasteiger partial charge in [-0.05, 0) is 67.3 Å². The number of hydrogen-bond acceptors (Lipinski definition) is 6. The van der Waals surface area contributed by atoms with Gasteiger partial charge in [-0.15, -0.1) is 0 Å². The Morgan fingerprint density at radius 3 is 2.81 bits per heavy atom. The van der Waals surface area contributed by atoms with Crippen LogP contribution in [0.3, 0.4) is 0 Å². The summed E-state index contributed by atoms with van der Waals surface area (Å²) in [6, 6.07) is 12.5. The number of nitrogens with one attached hydrogen (secondary N) is 2. The molecule has 0 saturated carbocycles. The Bertz CT molecular complexity index is 1490. The van der Waals surface area contributed by atoms with E-state index in [9.17, 15) is 14.4 Å². The lowest BCUT2D eigenvalue weighted by Gasteiger charge is -2.22. The number of anilines is 3. The number of rotatable bonds is 6. The summed E-state index contributed by atoms with van der Waals surface area (Å²) < 4.78 is 0. The van der Waals surface area contributed by atoms with Gasteiger partial charge in [0, 0.05) is 41.5 Å². The largest absolute Gasteiger partial charge is 0.327 e. The van der Waals surface area contributed by atoms with Gasteiger partial charge >= 0.3 is 0 Å². The summed E-state index contributed by atoms with van der Waals surface area (Å²) in [4.78, 5) is 47.9. The number of Topliss-reactive ketones (excluding diaryl/α,β-unsaturated/α-hetero) is 1. The number of ketones is 1. The standard InChI is InChI=1S/C29H27N5O3/c1-3-26(36)34-14-6-10-24(34)28(37)31-21-8-5-9-22(16-21)32-29-30-17-20-15-19(12-13-23(20)33-29)27-18(2)7-4-11-25(27)35/h3-5,7-9,12-13,15-17,24H,1,6,10-11,14H2,2H3,(H,31,37)(H,30,32,33)/t24-/m0/s1. The van der Waals surface area contributed by atoms with E-state index in [1.54, 1.807) is 23.2 Å². The lowest BCUT2D eigenvalue weighted by molar-refractivity contribution is -0.132. The molecule has 8 heteroatoms. The maximum absolute atomic E-state index is 12.8. The van der Waals surface area contributed by atoms with Crippen LogP contribution >= 0.6 is 0 Å². The quantitative estimate of drug-likeness (QED) is 0.479. The van der Waals surface area contributed by atoms with Crippen LogP contribution in [-0.2, 0) is 14.4 Å². The van der Waals surface area contributed by atoms with E-state index in [-0.39, 0.29) is 17.6 Å². The molecule has 1 saturated heterocycles. The number of carbonyl (C=O) groups is 3. The van der Waals surface area contributed by atoms with Gasteiger partial charge in [-0.3, -0.25) is 14.4 Å². The zero-order valence-corrected chi connectivity index (χ0v) is 20.5. The predicted octanol–water partition coefficient (Wildman–Crippen LogP) is 4.79. The molecule has 1 atom stereocenters. The van der Waals surface area contributed by atoms with Crippen LogP contribution in [0.25, 0.3) is 16.5 Å². The molecule has 2 N–H and O–H groups in total. The predicted molar refractivity (Wildman–Crippen MR) is 144 cm³/mol. The summed E-state index contributed by atoms with van der Waals surface area (Å²) in [7, 11) is 0. The van der Waals surface area contributed by atoms with Crippen LogP contribution in [0.2, 0.25) is 0 Å². The van der Waals surface area contributed by atoms with E-state index < -0.39 is 6.04 Å². The van der Waals surface area contributed by atoms with Crippen LogP contribution in [0.4, 0.5) is 17.3 Å². The van der Waals surface area contributed by atoms with Gasteiger partial charge in [-0.1, -0.05) is 30.9 Å². The van der Waals surface area contributed by atoms with Gasteiger partial charge in [-0.25, -0.2) is 9.97 Å². The first-order chi connectivity index (χ1) is 17.9. The van der Waals surface area contributed by atoms with Gasteiger partial charge in [0.25, 0.3) is 0 Å². The van der Waals surface area contributed by atoms with E-state index >= 15 is 0 Å². The van der Waals surface area contributed by atoms with Gasteiger partial charge in [0.05, 0.1) is 5.52 Å². The van der Waals surface area contributed by atoms with Crippen molar-refractivity contribution in [2.75, 3.05) is 17.2 Å². The fourth-order valence-corrected chi connectivity index (χ4v) is 4.84. The van der Waals surface area contributed by atoms with Gasteiger partial charge in [0.1, 0.15) is 6.04 Å². The van der Waals surface area contributed by atoms with Crippen molar-refractivity contribution < 1.29 is 14.4 Å². The van der Waals surface area contributed by atoms with Crippen molar-refractivity contribution in [3.8, 4) is 0 Å². The summed E-state index contributed by atoms with van der Waals surface area (Å²) in [5.74, 6) is 0.0652. The first kappa shape index (κ1) is 24.1. The van der Waals surface area contributed by atoms with Crippen molar-refractivity contribution in [1.82, 2.24) is 14.9 Å². The maximum Gasteiger partial charge on any atom is 0.247 e. The van der Waals surface area contributed by atoms with Crippen molar-refractivity contribution in [2.45, 2.75) is 32.2 Å². The van der Waals surface area contributed by atoms with Crippen molar-refractivity contribution in [2.24, 2.45) is 0 Å². The minimum Gasteiger partial charge on any atom is -0.327 e. The molecule has 2 aromatic carbocycles. The number of amides is 2. The van der Waals surface area contributed by atoms with Gasteiger partial charge in [0.2, 0.25) is 17.8 Å². The zero-order valence-electron chi connectivity index (χ0n) is 20.5. The van der Waals surface area contributed by atoms with Gasteiger partial charge in [-0.2, -0.15) is 0 Å². The van der Waals surface area contributed by atoms with Crippen molar-refractivity contribution in [1.29, 1.82) is 0 Å². The molecule has 37 heavy (non-hydrogen) atoms. The highest BCUT2D eigenvalue weighted by Gasteiger charge is 2.33. The average Bonchev–Trinajstić information content (AvgIpc) is 3.39. The van der Waals surface area contributed by atoms with Crippen LogP contribution in [0.1, 0.15) is 31.7 Å². The molecule has 2 heterocycles. The molecule has 1 aliphatic heterocycles. The Labute approximate surface area is 214 Å². The second-order valence-electron chi connectivity index (χ2n) is 9.14. The molecule has 1 aliphatic carbocycles.